The number of thiazole rings is 1. The van der Waals surface area contributed by atoms with E-state index in [0.717, 1.165) is 32.5 Å². The molecule has 6 rings (SSSR count). The number of aliphatic carboxylic acids is 1. The minimum absolute atomic E-state index is 0.00690. The van der Waals surface area contributed by atoms with Gasteiger partial charge in [0.15, 0.2) is 0 Å². The highest BCUT2D eigenvalue weighted by molar-refractivity contribution is 8.00. The number of H-pyrrole nitrogens is 1. The van der Waals surface area contributed by atoms with E-state index in [4.69, 9.17) is 0 Å². The number of carbonyl (C=O) groups excluding carboxylic acids is 2. The molecule has 2 N–H and O–H groups in total. The first-order valence-corrected chi connectivity index (χ1v) is 13.1. The third-order valence-electron chi connectivity index (χ3n) is 8.27. The SMILES string of the molecule is C[C@H](C(=O)O)N1C(=O)[C@H]2[C@@H]3C[C@H]([C@@H]2C1=O)[C@H]1[C@@H](c2ccc(N(C)C)cc2)c2sc(=O)[nH]c2S[C@H]31. The maximum Gasteiger partial charge on any atom is 0.326 e. The molecule has 34 heavy (non-hydrogen) atoms. The molecule has 3 heterocycles. The lowest BCUT2D eigenvalue weighted by molar-refractivity contribution is -0.154. The standard InChI is InChI=1S/C24H25N3O5S2/c1-9(23(30)31)27-21(28)16-12-8-13(17(16)22(27)29)18-15(12)14(19-20(33-18)25-24(32)34-19)10-4-6-11(7-5-10)26(2)3/h4-7,9,12-18H,8H2,1-3H3,(H,25,32)(H,30,31)/t9-,12+,13+,14-,15+,16+,17+,18-/m1/s1. The molecule has 3 fully saturated rings. The van der Waals surface area contributed by atoms with Crippen LogP contribution in [0, 0.1) is 29.6 Å². The van der Waals surface area contributed by atoms with Crippen LogP contribution in [-0.2, 0) is 14.4 Å². The van der Waals surface area contributed by atoms with E-state index in [0.29, 0.717) is 0 Å². The molecule has 4 aliphatic rings. The van der Waals surface area contributed by atoms with E-state index >= 15 is 0 Å². The number of nitrogens with one attached hydrogen (secondary N) is 1. The first kappa shape index (κ1) is 21.9. The maximum absolute atomic E-state index is 13.4. The summed E-state index contributed by atoms with van der Waals surface area (Å²) in [5.41, 5.74) is 2.19. The molecular weight excluding hydrogens is 474 g/mol. The largest absolute Gasteiger partial charge is 0.480 e. The highest BCUT2D eigenvalue weighted by atomic mass is 32.2. The van der Waals surface area contributed by atoms with Crippen LogP contribution in [0.15, 0.2) is 34.1 Å². The van der Waals surface area contributed by atoms with Gasteiger partial charge in [-0.05, 0) is 48.8 Å². The Labute approximate surface area is 204 Å². The lowest BCUT2D eigenvalue weighted by atomic mass is 9.68. The third kappa shape index (κ3) is 2.84. The van der Waals surface area contributed by atoms with Crippen molar-refractivity contribution in [3.63, 3.8) is 0 Å². The van der Waals surface area contributed by atoms with Gasteiger partial charge in [-0.2, -0.15) is 0 Å². The fourth-order valence-electron chi connectivity index (χ4n) is 6.89. The van der Waals surface area contributed by atoms with Crippen molar-refractivity contribution < 1.29 is 19.5 Å². The average Bonchev–Trinajstić information content (AvgIpc) is 3.52. The predicted octanol–water partition coefficient (Wildman–Crippen LogP) is 2.45. The monoisotopic (exact) mass is 499 g/mol. The number of aromatic nitrogens is 1. The Kier molecular flexibility index (Phi) is 4.80. The molecule has 0 spiro atoms. The fraction of sp³-hybridized carbons (Fsp3) is 0.500. The zero-order valence-corrected chi connectivity index (χ0v) is 20.6. The fourth-order valence-corrected chi connectivity index (χ4v) is 9.77. The highest BCUT2D eigenvalue weighted by Gasteiger charge is 2.70. The van der Waals surface area contributed by atoms with Crippen LogP contribution < -0.4 is 9.77 Å². The van der Waals surface area contributed by atoms with Crippen LogP contribution in [0.1, 0.15) is 29.7 Å². The zero-order chi connectivity index (χ0) is 24.0. The molecule has 0 unspecified atom stereocenters. The number of imide groups is 1. The Morgan fingerprint density at radius 1 is 1.12 bits per heavy atom. The minimum atomic E-state index is -1.17. The van der Waals surface area contributed by atoms with Crippen molar-refractivity contribution in [3.8, 4) is 0 Å². The van der Waals surface area contributed by atoms with E-state index in [1.807, 2.05) is 19.0 Å². The summed E-state index contributed by atoms with van der Waals surface area (Å²) >= 11 is 2.87. The molecule has 1 saturated heterocycles. The van der Waals surface area contributed by atoms with Gasteiger partial charge in [-0.3, -0.25) is 19.3 Å². The molecule has 1 aromatic carbocycles. The minimum Gasteiger partial charge on any atom is -0.480 e. The Bertz CT molecular complexity index is 1270. The van der Waals surface area contributed by atoms with Crippen molar-refractivity contribution >= 4 is 46.6 Å². The van der Waals surface area contributed by atoms with Gasteiger partial charge < -0.3 is 15.0 Å². The second-order valence-electron chi connectivity index (χ2n) is 10.0. The summed E-state index contributed by atoms with van der Waals surface area (Å²) in [6.07, 6.45) is 0.788. The molecule has 8 nitrogen and oxygen atoms in total. The summed E-state index contributed by atoms with van der Waals surface area (Å²) in [4.78, 5) is 57.6. The number of likely N-dealkylation sites (tertiary alicyclic amines) is 1. The Balaban J connectivity index is 1.43. The molecule has 8 atom stereocenters. The second kappa shape index (κ2) is 7.45. The number of carboxylic acid groups (broad SMARTS) is 1. The number of anilines is 1. The molecule has 2 aromatic rings. The number of carbonyl (C=O) groups is 3. The van der Waals surface area contributed by atoms with Crippen molar-refractivity contribution in [2.24, 2.45) is 29.6 Å². The summed E-state index contributed by atoms with van der Waals surface area (Å²) in [5, 5.41) is 10.4. The van der Waals surface area contributed by atoms with Crippen LogP contribution in [0.25, 0.3) is 0 Å². The van der Waals surface area contributed by atoms with Gasteiger partial charge >= 0.3 is 10.8 Å². The molecule has 1 aromatic heterocycles. The molecular formula is C24H25N3O5S2. The number of hydrogen-bond acceptors (Lipinski definition) is 7. The van der Waals surface area contributed by atoms with Crippen molar-refractivity contribution in [2.75, 3.05) is 19.0 Å². The number of benzene rings is 1. The van der Waals surface area contributed by atoms with Crippen molar-refractivity contribution in [3.05, 3.63) is 44.4 Å². The topological polar surface area (TPSA) is 111 Å². The van der Waals surface area contributed by atoms with Gasteiger partial charge in [0.25, 0.3) is 0 Å². The van der Waals surface area contributed by atoms with E-state index in [-0.39, 0.29) is 45.6 Å². The summed E-state index contributed by atoms with van der Waals surface area (Å²) < 4.78 is 0. The summed E-state index contributed by atoms with van der Waals surface area (Å²) in [6, 6.07) is 7.18. The van der Waals surface area contributed by atoms with E-state index in [2.05, 4.69) is 29.2 Å². The molecule has 2 aliphatic heterocycles. The van der Waals surface area contributed by atoms with Crippen LogP contribution >= 0.6 is 23.1 Å². The first-order chi connectivity index (χ1) is 16.2. The van der Waals surface area contributed by atoms with Gasteiger partial charge in [-0.1, -0.05) is 23.5 Å². The third-order valence-corrected chi connectivity index (χ3v) is 10.9. The molecule has 0 radical (unpaired) electrons. The van der Waals surface area contributed by atoms with Crippen LogP contribution in [0.4, 0.5) is 5.69 Å². The number of thioether (sulfide) groups is 1. The number of carboxylic acids is 1. The summed E-state index contributed by atoms with van der Waals surface area (Å²) in [7, 11) is 3.97. The Hall–Kier alpha value is -2.59. The van der Waals surface area contributed by atoms with Crippen LogP contribution in [0.5, 0.6) is 0 Å². The molecule has 2 aliphatic carbocycles. The van der Waals surface area contributed by atoms with Crippen LogP contribution in [0.3, 0.4) is 0 Å². The number of nitrogens with zero attached hydrogens (tertiary/aromatic N) is 2. The highest BCUT2D eigenvalue weighted by Crippen LogP contribution is 2.68. The summed E-state index contributed by atoms with van der Waals surface area (Å²) in [5.74, 6) is -2.73. The number of aromatic amines is 1. The van der Waals surface area contributed by atoms with Crippen molar-refractivity contribution in [1.29, 1.82) is 0 Å². The maximum atomic E-state index is 13.4. The molecule has 10 heteroatoms. The normalized spacial score (nSPS) is 34.1. The molecule has 2 bridgehead atoms. The quantitative estimate of drug-likeness (QED) is 0.622. The zero-order valence-electron chi connectivity index (χ0n) is 18.9. The van der Waals surface area contributed by atoms with Gasteiger partial charge in [0.2, 0.25) is 11.8 Å². The summed E-state index contributed by atoms with van der Waals surface area (Å²) in [6.45, 7) is 1.40. The van der Waals surface area contributed by atoms with E-state index in [1.54, 1.807) is 11.8 Å². The van der Waals surface area contributed by atoms with Gasteiger partial charge in [0.05, 0.1) is 16.9 Å². The van der Waals surface area contributed by atoms with E-state index in [1.165, 1.54) is 18.3 Å². The van der Waals surface area contributed by atoms with Gasteiger partial charge in [-0.15, -0.1) is 11.8 Å². The smallest absolute Gasteiger partial charge is 0.326 e. The first-order valence-electron chi connectivity index (χ1n) is 11.5. The Morgan fingerprint density at radius 3 is 2.38 bits per heavy atom. The molecule has 2 amide bonds. The van der Waals surface area contributed by atoms with E-state index in [9.17, 15) is 24.3 Å². The van der Waals surface area contributed by atoms with Gasteiger partial charge in [0.1, 0.15) is 6.04 Å². The lowest BCUT2D eigenvalue weighted by Gasteiger charge is -2.43. The van der Waals surface area contributed by atoms with Gasteiger partial charge in [0, 0.05) is 35.8 Å². The lowest BCUT2D eigenvalue weighted by Crippen LogP contribution is -2.44. The number of fused-ring (bicyclic) bond motifs is 9. The number of amides is 2. The molecule has 2 saturated carbocycles. The van der Waals surface area contributed by atoms with Gasteiger partial charge in [-0.25, -0.2) is 4.79 Å². The van der Waals surface area contributed by atoms with Crippen molar-refractivity contribution in [1.82, 2.24) is 9.88 Å². The Morgan fingerprint density at radius 2 is 1.76 bits per heavy atom. The predicted molar refractivity (Wildman–Crippen MR) is 128 cm³/mol. The second-order valence-corrected chi connectivity index (χ2v) is 12.2. The number of hydrogen-bond donors (Lipinski definition) is 2. The van der Waals surface area contributed by atoms with Crippen LogP contribution in [0.2, 0.25) is 0 Å². The van der Waals surface area contributed by atoms with Crippen LogP contribution in [-0.4, -0.2) is 58.2 Å². The average molecular weight is 500 g/mol. The molecule has 178 valence electrons. The number of rotatable bonds is 4. The van der Waals surface area contributed by atoms with E-state index < -0.39 is 23.8 Å². The van der Waals surface area contributed by atoms with Crippen molar-refractivity contribution in [2.45, 2.75) is 35.6 Å².